The molecule has 2 aromatic carbocycles. The summed E-state index contributed by atoms with van der Waals surface area (Å²) >= 11 is 30.3. The van der Waals surface area contributed by atoms with Gasteiger partial charge in [-0.2, -0.15) is 18.3 Å². The molecule has 0 saturated heterocycles. The molecule has 0 bridgehead atoms. The van der Waals surface area contributed by atoms with Gasteiger partial charge in [0.1, 0.15) is 22.4 Å². The van der Waals surface area contributed by atoms with Crippen LogP contribution in [0, 0.1) is 6.92 Å². The highest BCUT2D eigenvalue weighted by Gasteiger charge is 2.30. The SMILES string of the molecule is Cc1cc(NC(=O)c2ccc(COc3c(Cl)c(Cl)c(Cl)c(Cl)c3Cl)o2)nn1Cc1cccc(C(F)(F)F)c1. The van der Waals surface area contributed by atoms with E-state index >= 15 is 0 Å². The van der Waals surface area contributed by atoms with Gasteiger partial charge in [0.15, 0.2) is 17.3 Å². The molecular formula is C24H15Cl5F3N3O3. The van der Waals surface area contributed by atoms with Crippen LogP contribution in [0.5, 0.6) is 5.75 Å². The number of halogens is 8. The minimum Gasteiger partial charge on any atom is -0.482 e. The fourth-order valence-electron chi connectivity index (χ4n) is 3.36. The van der Waals surface area contributed by atoms with Crippen LogP contribution in [0.1, 0.15) is 33.1 Å². The lowest BCUT2D eigenvalue weighted by molar-refractivity contribution is -0.137. The van der Waals surface area contributed by atoms with Crippen molar-refractivity contribution in [2.24, 2.45) is 0 Å². The maximum atomic E-state index is 13.0. The molecule has 0 aliphatic rings. The molecule has 0 spiro atoms. The molecule has 14 heteroatoms. The predicted molar refractivity (Wildman–Crippen MR) is 140 cm³/mol. The number of amides is 1. The average molecular weight is 628 g/mol. The first kappa shape index (κ1) is 28.4. The zero-order chi connectivity index (χ0) is 27.8. The van der Waals surface area contributed by atoms with Gasteiger partial charge >= 0.3 is 6.18 Å². The van der Waals surface area contributed by atoms with E-state index in [1.165, 1.54) is 22.9 Å². The predicted octanol–water partition coefficient (Wildman–Crippen LogP) is 8.95. The Hall–Kier alpha value is -2.56. The summed E-state index contributed by atoms with van der Waals surface area (Å²) in [7, 11) is 0. The van der Waals surface area contributed by atoms with Gasteiger partial charge in [0.05, 0.1) is 27.2 Å². The van der Waals surface area contributed by atoms with Crippen LogP contribution in [-0.2, 0) is 19.3 Å². The number of furan rings is 1. The lowest BCUT2D eigenvalue weighted by atomic mass is 10.1. The molecule has 4 aromatic rings. The molecule has 2 heterocycles. The van der Waals surface area contributed by atoms with Gasteiger partial charge in [0.2, 0.25) is 0 Å². The third-order valence-electron chi connectivity index (χ3n) is 5.22. The van der Waals surface area contributed by atoms with Crippen LogP contribution in [0.2, 0.25) is 25.1 Å². The number of anilines is 1. The molecule has 1 amide bonds. The second kappa shape index (κ2) is 11.3. The number of nitrogens with one attached hydrogen (secondary N) is 1. The summed E-state index contributed by atoms with van der Waals surface area (Å²) < 4.78 is 51.6. The molecular weight excluding hydrogens is 613 g/mol. The third kappa shape index (κ3) is 6.18. The molecule has 38 heavy (non-hydrogen) atoms. The van der Waals surface area contributed by atoms with Gasteiger partial charge in [-0.25, -0.2) is 0 Å². The summed E-state index contributed by atoms with van der Waals surface area (Å²) in [6.45, 7) is 1.63. The number of benzene rings is 2. The number of hydrogen-bond acceptors (Lipinski definition) is 4. The highest BCUT2D eigenvalue weighted by Crippen LogP contribution is 2.48. The molecule has 0 fully saturated rings. The fraction of sp³-hybridized carbons (Fsp3) is 0.167. The van der Waals surface area contributed by atoms with Crippen molar-refractivity contribution in [3.63, 3.8) is 0 Å². The van der Waals surface area contributed by atoms with Gasteiger partial charge in [0, 0.05) is 11.8 Å². The van der Waals surface area contributed by atoms with Crippen molar-refractivity contribution in [1.82, 2.24) is 9.78 Å². The Labute approximate surface area is 239 Å². The number of aryl methyl sites for hydroxylation is 1. The molecule has 0 radical (unpaired) electrons. The van der Waals surface area contributed by atoms with E-state index in [0.717, 1.165) is 12.1 Å². The molecule has 0 aliphatic carbocycles. The van der Waals surface area contributed by atoms with Crippen LogP contribution in [-0.4, -0.2) is 15.7 Å². The topological polar surface area (TPSA) is 69.3 Å². The van der Waals surface area contributed by atoms with E-state index < -0.39 is 17.6 Å². The van der Waals surface area contributed by atoms with Crippen LogP contribution < -0.4 is 10.1 Å². The molecule has 2 aromatic heterocycles. The number of rotatable bonds is 7. The van der Waals surface area contributed by atoms with E-state index in [0.29, 0.717) is 11.3 Å². The van der Waals surface area contributed by atoms with E-state index in [1.54, 1.807) is 19.1 Å². The van der Waals surface area contributed by atoms with Gasteiger partial charge in [-0.15, -0.1) is 0 Å². The van der Waals surface area contributed by atoms with Crippen molar-refractivity contribution < 1.29 is 27.1 Å². The van der Waals surface area contributed by atoms with E-state index in [1.807, 2.05) is 0 Å². The smallest absolute Gasteiger partial charge is 0.416 e. The van der Waals surface area contributed by atoms with E-state index in [9.17, 15) is 18.0 Å². The monoisotopic (exact) mass is 625 g/mol. The van der Waals surface area contributed by atoms with E-state index in [-0.39, 0.29) is 61.4 Å². The van der Waals surface area contributed by atoms with Crippen molar-refractivity contribution in [2.45, 2.75) is 26.3 Å². The Morgan fingerprint density at radius 2 is 1.66 bits per heavy atom. The number of nitrogens with zero attached hydrogens (tertiary/aromatic N) is 2. The first-order chi connectivity index (χ1) is 17.8. The second-order valence-corrected chi connectivity index (χ2v) is 9.82. The summed E-state index contributed by atoms with van der Waals surface area (Å²) in [5.41, 5.74) is 0.279. The molecule has 0 aliphatic heterocycles. The van der Waals surface area contributed by atoms with Gasteiger partial charge in [-0.3, -0.25) is 9.48 Å². The zero-order valence-electron chi connectivity index (χ0n) is 19.1. The average Bonchev–Trinajstić information content (AvgIpc) is 3.47. The van der Waals surface area contributed by atoms with Crippen LogP contribution >= 0.6 is 58.0 Å². The molecule has 200 valence electrons. The summed E-state index contributed by atoms with van der Waals surface area (Å²) in [5.74, 6) is -0.197. The number of ether oxygens (including phenoxy) is 1. The second-order valence-electron chi connectivity index (χ2n) is 7.93. The quantitative estimate of drug-likeness (QED) is 0.164. The molecule has 0 saturated carbocycles. The van der Waals surface area contributed by atoms with Crippen molar-refractivity contribution in [1.29, 1.82) is 0 Å². The number of hydrogen-bond donors (Lipinski definition) is 1. The number of carbonyl (C=O) groups is 1. The van der Waals surface area contributed by atoms with Gasteiger partial charge in [0.25, 0.3) is 5.91 Å². The summed E-state index contributed by atoms with van der Waals surface area (Å²) in [6, 6.07) is 9.45. The molecule has 6 nitrogen and oxygen atoms in total. The minimum absolute atomic E-state index is 0.00285. The third-order valence-corrected chi connectivity index (χ3v) is 7.47. The van der Waals surface area contributed by atoms with Crippen LogP contribution in [0.25, 0.3) is 0 Å². The number of aromatic nitrogens is 2. The summed E-state index contributed by atoms with van der Waals surface area (Å²) in [6.07, 6.45) is -4.45. The largest absolute Gasteiger partial charge is 0.482 e. The number of alkyl halides is 3. The van der Waals surface area contributed by atoms with Crippen molar-refractivity contribution in [3.8, 4) is 5.75 Å². The van der Waals surface area contributed by atoms with Crippen LogP contribution in [0.3, 0.4) is 0 Å². The van der Waals surface area contributed by atoms with Gasteiger partial charge in [-0.1, -0.05) is 70.1 Å². The first-order valence-corrected chi connectivity index (χ1v) is 12.5. The minimum atomic E-state index is -4.45. The van der Waals surface area contributed by atoms with Gasteiger partial charge in [-0.05, 0) is 36.8 Å². The van der Waals surface area contributed by atoms with Crippen molar-refractivity contribution in [3.05, 3.63) is 95.9 Å². The Kier molecular flexibility index (Phi) is 8.44. The summed E-state index contributed by atoms with van der Waals surface area (Å²) in [5, 5.41) is 6.71. The van der Waals surface area contributed by atoms with Crippen LogP contribution in [0.15, 0.2) is 46.9 Å². The Morgan fingerprint density at radius 1 is 1.00 bits per heavy atom. The molecule has 4 rings (SSSR count). The maximum absolute atomic E-state index is 13.0. The molecule has 0 unspecified atom stereocenters. The lowest BCUT2D eigenvalue weighted by Crippen LogP contribution is -2.12. The Morgan fingerprint density at radius 3 is 2.32 bits per heavy atom. The summed E-state index contributed by atoms with van der Waals surface area (Å²) in [4.78, 5) is 12.7. The fourth-order valence-corrected chi connectivity index (χ4v) is 4.59. The van der Waals surface area contributed by atoms with E-state index in [2.05, 4.69) is 10.4 Å². The maximum Gasteiger partial charge on any atom is 0.416 e. The first-order valence-electron chi connectivity index (χ1n) is 10.6. The highest BCUT2D eigenvalue weighted by molar-refractivity contribution is 6.55. The standard InChI is InChI=1S/C24H15Cl5F3N3O3/c1-11-7-16(34-35(11)9-12-3-2-4-13(8-12)24(30,31)32)33-23(36)15-6-5-14(38-15)10-37-22-20(28)18(26)17(25)19(27)21(22)29/h2-8H,9-10H2,1H3,(H,33,34,36). The molecule has 1 N–H and O–H groups in total. The van der Waals surface area contributed by atoms with E-state index in [4.69, 9.17) is 67.2 Å². The normalized spacial score (nSPS) is 11.6. The zero-order valence-corrected chi connectivity index (χ0v) is 22.9. The van der Waals surface area contributed by atoms with Gasteiger partial charge < -0.3 is 14.5 Å². The highest BCUT2D eigenvalue weighted by atomic mass is 35.5. The van der Waals surface area contributed by atoms with Crippen molar-refractivity contribution in [2.75, 3.05) is 5.32 Å². The van der Waals surface area contributed by atoms with Crippen LogP contribution in [0.4, 0.5) is 19.0 Å². The lowest BCUT2D eigenvalue weighted by Gasteiger charge is -2.12. The Balaban J connectivity index is 1.42. The van der Waals surface area contributed by atoms with Crippen molar-refractivity contribution >= 4 is 69.7 Å². The molecule has 0 atom stereocenters. The number of carbonyl (C=O) groups excluding carboxylic acids is 1. The Bertz CT molecular complexity index is 1490.